The number of benzene rings is 2. The maximum absolute atomic E-state index is 6.23. The maximum atomic E-state index is 6.23. The van der Waals surface area contributed by atoms with Gasteiger partial charge >= 0.3 is 0 Å². The third-order valence-corrected chi connectivity index (χ3v) is 5.21. The number of hydrogen-bond acceptors (Lipinski definition) is 5. The third kappa shape index (κ3) is 5.37. The van der Waals surface area contributed by atoms with Crippen molar-refractivity contribution in [2.75, 3.05) is 19.7 Å². The monoisotopic (exact) mass is 406 g/mol. The molecule has 0 saturated carbocycles. The first kappa shape index (κ1) is 20.0. The summed E-state index contributed by atoms with van der Waals surface area (Å²) in [6.07, 6.45) is 1.12. The van der Waals surface area contributed by atoms with E-state index in [1.807, 2.05) is 6.07 Å². The van der Waals surface area contributed by atoms with Crippen LogP contribution in [0.2, 0.25) is 10.0 Å². The van der Waals surface area contributed by atoms with Gasteiger partial charge in [-0.1, -0.05) is 53.5 Å². The van der Waals surface area contributed by atoms with E-state index in [2.05, 4.69) is 34.6 Å². The van der Waals surface area contributed by atoms with Crippen molar-refractivity contribution in [3.63, 3.8) is 0 Å². The van der Waals surface area contributed by atoms with Crippen LogP contribution in [0.5, 0.6) is 0 Å². The summed E-state index contributed by atoms with van der Waals surface area (Å²) in [5.74, 6) is 5.66. The van der Waals surface area contributed by atoms with Gasteiger partial charge in [0.05, 0.1) is 29.1 Å². The molecule has 144 valence electrons. The van der Waals surface area contributed by atoms with Crippen molar-refractivity contribution >= 4 is 28.9 Å². The van der Waals surface area contributed by atoms with Gasteiger partial charge in [-0.25, -0.2) is 0 Å². The number of nitrogens with one attached hydrogen (secondary N) is 1. The lowest BCUT2D eigenvalue weighted by molar-refractivity contribution is 0.0725. The Morgan fingerprint density at radius 1 is 1.19 bits per heavy atom. The quantitative estimate of drug-likeness (QED) is 0.485. The van der Waals surface area contributed by atoms with E-state index in [4.69, 9.17) is 39.5 Å². The molecule has 1 aliphatic rings. The smallest absolute Gasteiger partial charge is 0.0901 e. The Labute approximate surface area is 169 Å². The van der Waals surface area contributed by atoms with Crippen LogP contribution in [0.15, 0.2) is 54.2 Å². The summed E-state index contributed by atoms with van der Waals surface area (Å²) in [6.45, 7) is 3.12. The molecule has 0 unspecified atom stereocenters. The van der Waals surface area contributed by atoms with Crippen LogP contribution in [0.4, 0.5) is 0 Å². The van der Waals surface area contributed by atoms with Gasteiger partial charge in [-0.2, -0.15) is 0 Å². The number of likely N-dealkylation sites (tertiary alicyclic amines) is 1. The van der Waals surface area contributed by atoms with Crippen LogP contribution in [-0.4, -0.2) is 30.7 Å². The van der Waals surface area contributed by atoms with Gasteiger partial charge in [0.1, 0.15) is 0 Å². The molecule has 1 aliphatic heterocycles. The van der Waals surface area contributed by atoms with E-state index in [0.29, 0.717) is 33.6 Å². The summed E-state index contributed by atoms with van der Waals surface area (Å²) in [6, 6.07) is 15.6. The summed E-state index contributed by atoms with van der Waals surface area (Å²) in [5.41, 5.74) is 11.9. The van der Waals surface area contributed by atoms with Crippen LogP contribution >= 0.6 is 23.2 Å². The van der Waals surface area contributed by atoms with Gasteiger partial charge in [-0.3, -0.25) is 10.7 Å². The van der Waals surface area contributed by atoms with Gasteiger partial charge in [0, 0.05) is 30.2 Å². The molecule has 0 spiro atoms. The van der Waals surface area contributed by atoms with Crippen LogP contribution in [0, 0.1) is 0 Å². The molecule has 1 atom stereocenters. The third-order valence-electron chi connectivity index (χ3n) is 4.66. The average Bonchev–Trinajstić information content (AvgIpc) is 3.10. The number of hydrazine groups is 1. The van der Waals surface area contributed by atoms with Gasteiger partial charge < -0.3 is 15.9 Å². The Kier molecular flexibility index (Phi) is 6.99. The fraction of sp³-hybridized carbons (Fsp3) is 0.300. The standard InChI is InChI=1S/C20H24Cl2N4O/c21-15-6-7-17(18(22)10-15)20(23)19(25-24)13-27-16-8-9-26(12-16)11-14-4-2-1-3-5-14/h1-7,10,16,25H,8-9,11-13,23-24H2/b20-19-/t16-/m0/s1. The summed E-state index contributed by atoms with van der Waals surface area (Å²) >= 11 is 12.2. The number of nitrogens with zero attached hydrogens (tertiary/aromatic N) is 1. The molecule has 0 radical (unpaired) electrons. The van der Waals surface area contributed by atoms with Crippen LogP contribution in [-0.2, 0) is 11.3 Å². The molecule has 7 heteroatoms. The minimum atomic E-state index is 0.144. The highest BCUT2D eigenvalue weighted by molar-refractivity contribution is 6.35. The van der Waals surface area contributed by atoms with Gasteiger partial charge in [0.25, 0.3) is 0 Å². The first-order valence-electron chi connectivity index (χ1n) is 8.85. The molecule has 1 saturated heterocycles. The number of nitrogens with two attached hydrogens (primary N) is 2. The Morgan fingerprint density at radius 2 is 1.96 bits per heavy atom. The summed E-state index contributed by atoms with van der Waals surface area (Å²) in [4.78, 5) is 2.39. The molecular formula is C20H24Cl2N4O. The molecule has 0 aliphatic carbocycles. The van der Waals surface area contributed by atoms with Crippen LogP contribution in [0.3, 0.4) is 0 Å². The molecule has 5 N–H and O–H groups in total. The highest BCUT2D eigenvalue weighted by Gasteiger charge is 2.23. The highest BCUT2D eigenvalue weighted by Crippen LogP contribution is 2.26. The van der Waals surface area contributed by atoms with Crippen LogP contribution < -0.4 is 17.0 Å². The number of rotatable bonds is 7. The highest BCUT2D eigenvalue weighted by atomic mass is 35.5. The lowest BCUT2D eigenvalue weighted by atomic mass is 10.1. The van der Waals surface area contributed by atoms with Gasteiger partial charge in [0.2, 0.25) is 0 Å². The second-order valence-electron chi connectivity index (χ2n) is 6.60. The minimum Gasteiger partial charge on any atom is -0.397 e. The zero-order valence-electron chi connectivity index (χ0n) is 15.0. The number of hydrogen-bond donors (Lipinski definition) is 3. The molecule has 2 aromatic rings. The Balaban J connectivity index is 1.58. The SMILES string of the molecule is NN/C(CO[C@H]1CCN(Cc2ccccc2)C1)=C(\N)c1ccc(Cl)cc1Cl. The Hall–Kier alpha value is -1.76. The fourth-order valence-electron chi connectivity index (χ4n) is 3.19. The van der Waals surface area contributed by atoms with Crippen molar-refractivity contribution in [1.82, 2.24) is 10.3 Å². The largest absolute Gasteiger partial charge is 0.397 e. The van der Waals surface area contributed by atoms with Gasteiger partial charge in [-0.05, 0) is 30.2 Å². The summed E-state index contributed by atoms with van der Waals surface area (Å²) < 4.78 is 6.04. The van der Waals surface area contributed by atoms with Crippen molar-refractivity contribution in [3.05, 3.63) is 75.4 Å². The predicted octanol–water partition coefficient (Wildman–Crippen LogP) is 3.38. The molecule has 27 heavy (non-hydrogen) atoms. The summed E-state index contributed by atoms with van der Waals surface area (Å²) in [7, 11) is 0. The Bertz CT molecular complexity index is 798. The van der Waals surface area contributed by atoms with E-state index in [0.717, 1.165) is 26.1 Å². The molecule has 0 bridgehead atoms. The molecule has 1 heterocycles. The van der Waals surface area contributed by atoms with E-state index < -0.39 is 0 Å². The first-order valence-corrected chi connectivity index (χ1v) is 9.61. The van der Waals surface area contributed by atoms with Gasteiger partial charge in [0.15, 0.2) is 0 Å². The lowest BCUT2D eigenvalue weighted by Gasteiger charge is -2.18. The zero-order chi connectivity index (χ0) is 19.2. The second kappa shape index (κ2) is 9.44. The molecule has 3 rings (SSSR count). The topological polar surface area (TPSA) is 76.5 Å². The van der Waals surface area contributed by atoms with Crippen LogP contribution in [0.1, 0.15) is 17.5 Å². The van der Waals surface area contributed by atoms with Crippen molar-refractivity contribution in [2.24, 2.45) is 11.6 Å². The van der Waals surface area contributed by atoms with Crippen LogP contribution in [0.25, 0.3) is 5.70 Å². The maximum Gasteiger partial charge on any atom is 0.0901 e. The van der Waals surface area contributed by atoms with Crippen molar-refractivity contribution in [2.45, 2.75) is 19.1 Å². The van der Waals surface area contributed by atoms with E-state index >= 15 is 0 Å². The number of halogens is 2. The van der Waals surface area contributed by atoms with Crippen molar-refractivity contribution < 1.29 is 4.74 Å². The van der Waals surface area contributed by atoms with Crippen molar-refractivity contribution in [1.29, 1.82) is 0 Å². The average molecular weight is 407 g/mol. The van der Waals surface area contributed by atoms with Gasteiger partial charge in [-0.15, -0.1) is 0 Å². The first-order chi connectivity index (χ1) is 13.1. The van der Waals surface area contributed by atoms with E-state index in [-0.39, 0.29) is 6.10 Å². The minimum absolute atomic E-state index is 0.144. The molecule has 5 nitrogen and oxygen atoms in total. The second-order valence-corrected chi connectivity index (χ2v) is 7.45. The van der Waals surface area contributed by atoms with Crippen molar-refractivity contribution in [3.8, 4) is 0 Å². The molecule has 1 fully saturated rings. The molecule has 0 amide bonds. The van der Waals surface area contributed by atoms with E-state index in [1.165, 1.54) is 5.56 Å². The molecule has 0 aromatic heterocycles. The zero-order valence-corrected chi connectivity index (χ0v) is 16.5. The van der Waals surface area contributed by atoms with E-state index in [1.54, 1.807) is 18.2 Å². The normalized spacial score (nSPS) is 18.4. The predicted molar refractivity (Wildman–Crippen MR) is 111 cm³/mol. The number of ether oxygens (including phenoxy) is 1. The summed E-state index contributed by atoms with van der Waals surface area (Å²) in [5, 5.41) is 1.03. The lowest BCUT2D eigenvalue weighted by Crippen LogP contribution is -2.30. The molecular weight excluding hydrogens is 383 g/mol. The van der Waals surface area contributed by atoms with E-state index in [9.17, 15) is 0 Å². The molecule has 2 aromatic carbocycles. The fourth-order valence-corrected chi connectivity index (χ4v) is 3.70. The Morgan fingerprint density at radius 3 is 2.67 bits per heavy atom.